The predicted octanol–water partition coefficient (Wildman–Crippen LogP) is 7.39. The zero-order valence-corrected chi connectivity index (χ0v) is 33.4. The van der Waals surface area contributed by atoms with Gasteiger partial charge in [-0.2, -0.15) is 5.26 Å². The molecule has 0 N–H and O–H groups in total. The van der Waals surface area contributed by atoms with Crippen LogP contribution in [0.25, 0.3) is 22.5 Å². The zero-order chi connectivity index (χ0) is 43.5. The van der Waals surface area contributed by atoms with Gasteiger partial charge in [-0.15, -0.1) is 0 Å². The summed E-state index contributed by atoms with van der Waals surface area (Å²) in [6.45, 7) is 0.645. The minimum absolute atomic E-state index is 0.0157. The van der Waals surface area contributed by atoms with Gasteiger partial charge < -0.3 is 9.80 Å². The third kappa shape index (κ3) is 8.14. The van der Waals surface area contributed by atoms with Crippen molar-refractivity contribution >= 4 is 34.8 Å². The second kappa shape index (κ2) is 17.1. The molecular formula is C49H34FN9O4. The lowest BCUT2D eigenvalue weighted by Crippen LogP contribution is -2.37. The molecule has 0 aliphatic carbocycles. The van der Waals surface area contributed by atoms with Gasteiger partial charge in [0, 0.05) is 70.5 Å². The third-order valence-corrected chi connectivity index (χ3v) is 10.7. The Balaban J connectivity index is 0.000000160. The van der Waals surface area contributed by atoms with Crippen LogP contribution in [0.1, 0.15) is 37.4 Å². The summed E-state index contributed by atoms with van der Waals surface area (Å²) >= 11 is 0. The van der Waals surface area contributed by atoms with E-state index in [0.29, 0.717) is 47.5 Å². The molecule has 4 aromatic carbocycles. The van der Waals surface area contributed by atoms with Crippen LogP contribution in [0.4, 0.5) is 27.7 Å². The van der Waals surface area contributed by atoms with Gasteiger partial charge in [-0.05, 0) is 71.8 Å². The van der Waals surface area contributed by atoms with Crippen LogP contribution in [0, 0.1) is 17.1 Å². The molecule has 0 unspecified atom stereocenters. The van der Waals surface area contributed by atoms with Crippen molar-refractivity contribution in [3.63, 3.8) is 0 Å². The van der Waals surface area contributed by atoms with Crippen LogP contribution in [-0.2, 0) is 13.1 Å². The molecule has 4 aromatic heterocycles. The SMILES string of the molecule is N#Cc1cccc(C(=O)CN2c3ccccc3Cn3c2nc(-c2ccncc2)cc3=O)c1.O=C(CN1c2ccccc2Cn2c1nc(-c1ccncc1)cc2=O)c1cccc(F)c1. The predicted molar refractivity (Wildman–Crippen MR) is 235 cm³/mol. The molecule has 0 saturated heterocycles. The fourth-order valence-electron chi connectivity index (χ4n) is 7.62. The molecule has 0 radical (unpaired) electrons. The molecular weight excluding hydrogens is 798 g/mol. The Morgan fingerprint density at radius 1 is 0.571 bits per heavy atom. The molecule has 0 saturated carbocycles. The molecule has 0 spiro atoms. The number of nitrogens with zero attached hydrogens (tertiary/aromatic N) is 9. The Bertz CT molecular complexity index is 3220. The summed E-state index contributed by atoms with van der Waals surface area (Å²) < 4.78 is 16.8. The Morgan fingerprint density at radius 2 is 1.03 bits per heavy atom. The maximum Gasteiger partial charge on any atom is 0.255 e. The number of para-hydroxylation sites is 2. The normalized spacial score (nSPS) is 12.1. The van der Waals surface area contributed by atoms with Crippen LogP contribution in [0.15, 0.2) is 168 Å². The zero-order valence-electron chi connectivity index (χ0n) is 33.4. The van der Waals surface area contributed by atoms with E-state index in [-0.39, 0.29) is 41.3 Å². The number of rotatable bonds is 8. The standard InChI is InChI=1S/C25H17N5O2.C24H17FN4O2/c26-14-17-4-3-6-19(12-17)23(31)16-29-22-7-2-1-5-20(22)15-30-24(32)13-21(28-25(29)30)18-8-10-27-11-9-18;25-19-6-3-5-17(12-19)22(30)15-28-21-7-2-1-4-18(21)14-29-23(31)13-20(27-24(28)29)16-8-10-26-11-9-16/h1-13H,15-16H2;1-13H,14-15H2. The van der Waals surface area contributed by atoms with Gasteiger partial charge in [0.2, 0.25) is 11.9 Å². The fraction of sp³-hybridized carbons (Fsp3) is 0.0816. The highest BCUT2D eigenvalue weighted by atomic mass is 19.1. The monoisotopic (exact) mass is 831 g/mol. The second-order valence-electron chi connectivity index (χ2n) is 14.7. The smallest absolute Gasteiger partial charge is 0.255 e. The highest BCUT2D eigenvalue weighted by molar-refractivity contribution is 6.01. The van der Waals surface area contributed by atoms with Crippen molar-refractivity contribution in [2.24, 2.45) is 0 Å². The Hall–Kier alpha value is -8.70. The van der Waals surface area contributed by atoms with Crippen LogP contribution >= 0.6 is 0 Å². The minimum atomic E-state index is -0.473. The fourth-order valence-corrected chi connectivity index (χ4v) is 7.62. The van der Waals surface area contributed by atoms with E-state index in [9.17, 15) is 28.8 Å². The van der Waals surface area contributed by atoms with Gasteiger partial charge in [0.25, 0.3) is 11.1 Å². The highest BCUT2D eigenvalue weighted by Gasteiger charge is 2.29. The van der Waals surface area contributed by atoms with Crippen LogP contribution < -0.4 is 20.9 Å². The van der Waals surface area contributed by atoms with Crippen molar-refractivity contribution in [2.75, 3.05) is 22.9 Å². The summed E-state index contributed by atoms with van der Waals surface area (Å²) in [5.41, 5.74) is 6.73. The largest absolute Gasteiger partial charge is 0.304 e. The van der Waals surface area contributed by atoms with Gasteiger partial charge in [-0.1, -0.05) is 60.7 Å². The van der Waals surface area contributed by atoms with E-state index in [0.717, 1.165) is 33.6 Å². The number of hydrogen-bond donors (Lipinski definition) is 0. The minimum Gasteiger partial charge on any atom is -0.304 e. The molecule has 8 aromatic rings. The number of halogens is 1. The first kappa shape index (κ1) is 39.7. The Labute approximate surface area is 359 Å². The third-order valence-electron chi connectivity index (χ3n) is 10.7. The van der Waals surface area contributed by atoms with Crippen LogP contribution in [0.5, 0.6) is 0 Å². The molecule has 306 valence electrons. The van der Waals surface area contributed by atoms with E-state index >= 15 is 0 Å². The Morgan fingerprint density at radius 3 is 1.51 bits per heavy atom. The number of fused-ring (bicyclic) bond motifs is 4. The maximum atomic E-state index is 13.6. The molecule has 6 heterocycles. The van der Waals surface area contributed by atoms with E-state index < -0.39 is 5.82 Å². The van der Waals surface area contributed by atoms with Gasteiger partial charge in [0.15, 0.2) is 11.6 Å². The molecule has 13 nitrogen and oxygen atoms in total. The van der Waals surface area contributed by atoms with Crippen molar-refractivity contribution < 1.29 is 14.0 Å². The first-order valence-corrected chi connectivity index (χ1v) is 19.8. The topological polar surface area (TPSA) is 160 Å². The number of hydrogen-bond acceptors (Lipinski definition) is 11. The second-order valence-corrected chi connectivity index (χ2v) is 14.7. The lowest BCUT2D eigenvalue weighted by atomic mass is 10.1. The highest BCUT2D eigenvalue weighted by Crippen LogP contribution is 2.35. The lowest BCUT2D eigenvalue weighted by Gasteiger charge is -2.32. The molecule has 2 aliphatic rings. The first-order chi connectivity index (χ1) is 30.7. The summed E-state index contributed by atoms with van der Waals surface area (Å²) in [4.78, 5) is 73.1. The van der Waals surface area contributed by atoms with Gasteiger partial charge in [-0.25, -0.2) is 14.4 Å². The Kier molecular flexibility index (Phi) is 10.8. The molecule has 0 atom stereocenters. The van der Waals surface area contributed by atoms with Crippen LogP contribution in [-0.4, -0.2) is 53.7 Å². The number of carbonyl (C=O) groups excluding carboxylic acids is 2. The lowest BCUT2D eigenvalue weighted by molar-refractivity contribution is 0.0992. The van der Waals surface area contributed by atoms with E-state index in [1.807, 2.05) is 48.5 Å². The molecule has 0 amide bonds. The maximum absolute atomic E-state index is 13.6. The number of pyridine rings is 2. The van der Waals surface area contributed by atoms with Gasteiger partial charge in [0.1, 0.15) is 5.82 Å². The summed E-state index contributed by atoms with van der Waals surface area (Å²) in [6.07, 6.45) is 6.56. The molecule has 0 fully saturated rings. The van der Waals surface area contributed by atoms with E-state index in [1.165, 1.54) is 30.3 Å². The molecule has 0 bridgehead atoms. The van der Waals surface area contributed by atoms with E-state index in [4.69, 9.17) is 9.97 Å². The van der Waals surface area contributed by atoms with Crippen molar-refractivity contribution in [2.45, 2.75) is 13.1 Å². The summed E-state index contributed by atoms with van der Waals surface area (Å²) in [6, 6.07) is 39.6. The van der Waals surface area contributed by atoms with Gasteiger partial charge in [-0.3, -0.25) is 38.3 Å². The molecule has 14 heteroatoms. The van der Waals surface area contributed by atoms with Crippen molar-refractivity contribution in [1.82, 2.24) is 29.1 Å². The number of carbonyl (C=O) groups is 2. The number of anilines is 4. The number of nitriles is 1. The number of ketones is 2. The van der Waals surface area contributed by atoms with Crippen molar-refractivity contribution in [3.8, 4) is 28.6 Å². The summed E-state index contributed by atoms with van der Waals surface area (Å²) in [7, 11) is 0. The number of benzene rings is 4. The summed E-state index contributed by atoms with van der Waals surface area (Å²) in [5, 5.41) is 9.17. The number of aromatic nitrogens is 6. The molecule has 10 rings (SSSR count). The van der Waals surface area contributed by atoms with Gasteiger partial charge >= 0.3 is 0 Å². The quantitative estimate of drug-likeness (QED) is 0.141. The average molecular weight is 832 g/mol. The summed E-state index contributed by atoms with van der Waals surface area (Å²) in [5.74, 6) is -0.129. The molecule has 2 aliphatic heterocycles. The van der Waals surface area contributed by atoms with Gasteiger partial charge in [0.05, 0.1) is 49.2 Å². The van der Waals surface area contributed by atoms with Crippen LogP contribution in [0.2, 0.25) is 0 Å². The van der Waals surface area contributed by atoms with Crippen molar-refractivity contribution in [1.29, 1.82) is 5.26 Å². The molecule has 63 heavy (non-hydrogen) atoms. The average Bonchev–Trinajstić information content (AvgIpc) is 3.32. The van der Waals surface area contributed by atoms with E-state index in [2.05, 4.69) is 16.0 Å². The van der Waals surface area contributed by atoms with Crippen molar-refractivity contribution in [3.05, 3.63) is 213 Å². The first-order valence-electron chi connectivity index (χ1n) is 19.8. The van der Waals surface area contributed by atoms with E-state index in [1.54, 1.807) is 98.3 Å². The van der Waals surface area contributed by atoms with Crippen LogP contribution in [0.3, 0.4) is 0 Å². The number of Topliss-reactive ketones (excluding diaryl/α,β-unsaturated/α-hetero) is 2.